The van der Waals surface area contributed by atoms with Crippen LogP contribution in [-0.2, 0) is 4.79 Å². The number of fused-ring (bicyclic) bond motifs is 1. The molecule has 0 bridgehead atoms. The van der Waals surface area contributed by atoms with Gasteiger partial charge in [0.2, 0.25) is 0 Å². The van der Waals surface area contributed by atoms with Crippen LogP contribution in [0.3, 0.4) is 0 Å². The fraction of sp³-hybridized carbons (Fsp3) is 0.550. The maximum atomic E-state index is 12.4. The largest absolute Gasteiger partial charge is 0.371 e. The van der Waals surface area contributed by atoms with Gasteiger partial charge in [0.1, 0.15) is 0 Å². The van der Waals surface area contributed by atoms with Crippen LogP contribution in [-0.4, -0.2) is 36.9 Å². The molecule has 3 heteroatoms. The van der Waals surface area contributed by atoms with Gasteiger partial charge in [-0.25, -0.2) is 0 Å². The number of hydrogen-bond donors (Lipinski definition) is 0. The van der Waals surface area contributed by atoms with Crippen molar-refractivity contribution in [1.29, 1.82) is 0 Å². The Morgan fingerprint density at radius 2 is 1.74 bits per heavy atom. The highest BCUT2D eigenvalue weighted by Crippen LogP contribution is 2.68. The Bertz CT molecular complexity index is 653. The number of allylic oxidation sites excluding steroid dienone is 2. The number of benzene rings is 1. The number of carbonyl (C=O) groups excluding carboxylic acids is 1. The van der Waals surface area contributed by atoms with Crippen LogP contribution < -0.4 is 4.90 Å². The molecule has 122 valence electrons. The number of hydrogen-bond acceptors (Lipinski definition) is 3. The van der Waals surface area contributed by atoms with E-state index in [-0.39, 0.29) is 0 Å². The molecule has 1 aromatic rings. The highest BCUT2D eigenvalue weighted by Gasteiger charge is 2.65. The first kappa shape index (κ1) is 14.8. The second-order valence-corrected chi connectivity index (χ2v) is 7.84. The Hall–Kier alpha value is -1.77. The number of carbonyl (C=O) groups is 1. The molecule has 1 saturated heterocycles. The van der Waals surface area contributed by atoms with Crippen molar-refractivity contribution in [3.8, 4) is 0 Å². The van der Waals surface area contributed by atoms with E-state index in [4.69, 9.17) is 0 Å². The quantitative estimate of drug-likeness (QED) is 0.783. The molecule has 2 saturated carbocycles. The normalized spacial score (nSPS) is 31.2. The third kappa shape index (κ3) is 2.29. The lowest BCUT2D eigenvalue weighted by Crippen LogP contribution is -2.46. The molecule has 0 spiro atoms. The molecule has 3 fully saturated rings. The molecule has 2 aliphatic carbocycles. The maximum absolute atomic E-state index is 12.4. The lowest BCUT2D eigenvalue weighted by atomic mass is 9.95. The first-order valence-electron chi connectivity index (χ1n) is 8.79. The summed E-state index contributed by atoms with van der Waals surface area (Å²) in [5.74, 6) is 1.52. The standard InChI is InChI=1S/C20H26N2O/c1-14(18-17(23)13-16-19(18)20(16,2)3)21-9-11-22(12-10-21)15-7-5-4-6-8-15/h4-8,16,19H,9-13H2,1-3H3/b18-14-/t16-,19-/m1/s1. The Balaban J connectivity index is 1.48. The minimum Gasteiger partial charge on any atom is -0.371 e. The number of ketones is 1. The van der Waals surface area contributed by atoms with Gasteiger partial charge in [-0.15, -0.1) is 0 Å². The van der Waals surface area contributed by atoms with Crippen molar-refractivity contribution in [1.82, 2.24) is 4.90 Å². The van der Waals surface area contributed by atoms with Crippen LogP contribution >= 0.6 is 0 Å². The summed E-state index contributed by atoms with van der Waals surface area (Å²) >= 11 is 0. The van der Waals surface area contributed by atoms with Crippen molar-refractivity contribution in [3.63, 3.8) is 0 Å². The van der Waals surface area contributed by atoms with Gasteiger partial charge in [0.15, 0.2) is 5.78 Å². The Morgan fingerprint density at radius 1 is 1.09 bits per heavy atom. The predicted octanol–water partition coefficient (Wildman–Crippen LogP) is 3.33. The van der Waals surface area contributed by atoms with Crippen molar-refractivity contribution >= 4 is 11.5 Å². The van der Waals surface area contributed by atoms with Gasteiger partial charge in [-0.1, -0.05) is 32.0 Å². The zero-order valence-electron chi connectivity index (χ0n) is 14.4. The maximum Gasteiger partial charge on any atom is 0.161 e. The molecule has 0 amide bonds. The van der Waals surface area contributed by atoms with Crippen LogP contribution in [0.1, 0.15) is 27.2 Å². The lowest BCUT2D eigenvalue weighted by molar-refractivity contribution is -0.115. The number of anilines is 1. The van der Waals surface area contributed by atoms with E-state index in [1.54, 1.807) is 0 Å². The van der Waals surface area contributed by atoms with Gasteiger partial charge in [0.25, 0.3) is 0 Å². The number of para-hydroxylation sites is 1. The van der Waals surface area contributed by atoms with E-state index >= 15 is 0 Å². The monoisotopic (exact) mass is 310 g/mol. The molecule has 23 heavy (non-hydrogen) atoms. The van der Waals surface area contributed by atoms with E-state index < -0.39 is 0 Å². The predicted molar refractivity (Wildman–Crippen MR) is 93.3 cm³/mol. The summed E-state index contributed by atoms with van der Waals surface area (Å²) in [7, 11) is 0. The van der Waals surface area contributed by atoms with Gasteiger partial charge in [-0.2, -0.15) is 0 Å². The van der Waals surface area contributed by atoms with Crippen molar-refractivity contribution in [2.24, 2.45) is 17.3 Å². The summed E-state index contributed by atoms with van der Waals surface area (Å²) in [5, 5.41) is 0. The molecule has 3 nitrogen and oxygen atoms in total. The Morgan fingerprint density at radius 3 is 2.35 bits per heavy atom. The van der Waals surface area contributed by atoms with Gasteiger partial charge >= 0.3 is 0 Å². The molecule has 1 heterocycles. The first-order valence-corrected chi connectivity index (χ1v) is 8.79. The fourth-order valence-corrected chi connectivity index (χ4v) is 4.72. The molecular weight excluding hydrogens is 284 g/mol. The summed E-state index contributed by atoms with van der Waals surface area (Å²) in [6.45, 7) is 10.9. The Kier molecular flexibility index (Phi) is 3.29. The van der Waals surface area contributed by atoms with E-state index in [0.29, 0.717) is 23.0 Å². The number of piperazine rings is 1. The van der Waals surface area contributed by atoms with Crippen LogP contribution in [0.4, 0.5) is 5.69 Å². The van der Waals surface area contributed by atoms with E-state index in [2.05, 4.69) is 60.9 Å². The van der Waals surface area contributed by atoms with E-state index in [1.165, 1.54) is 11.4 Å². The molecule has 0 unspecified atom stereocenters. The van der Waals surface area contributed by atoms with Crippen LogP contribution in [0, 0.1) is 17.3 Å². The molecule has 1 aromatic carbocycles. The van der Waals surface area contributed by atoms with Gasteiger partial charge < -0.3 is 9.80 Å². The highest BCUT2D eigenvalue weighted by molar-refractivity contribution is 6.01. The minimum absolute atomic E-state index is 0.344. The summed E-state index contributed by atoms with van der Waals surface area (Å²) < 4.78 is 0. The molecule has 0 N–H and O–H groups in total. The smallest absolute Gasteiger partial charge is 0.161 e. The summed E-state index contributed by atoms with van der Waals surface area (Å²) in [6, 6.07) is 10.6. The van der Waals surface area contributed by atoms with Crippen molar-refractivity contribution in [3.05, 3.63) is 41.6 Å². The van der Waals surface area contributed by atoms with Gasteiger partial charge in [-0.3, -0.25) is 4.79 Å². The number of rotatable bonds is 2. The van der Waals surface area contributed by atoms with Crippen molar-refractivity contribution in [2.45, 2.75) is 27.2 Å². The zero-order chi connectivity index (χ0) is 16.2. The first-order chi connectivity index (χ1) is 11.0. The Labute approximate surface area is 139 Å². The summed E-state index contributed by atoms with van der Waals surface area (Å²) in [6.07, 6.45) is 0.772. The summed E-state index contributed by atoms with van der Waals surface area (Å²) in [5.41, 5.74) is 4.04. The SMILES string of the molecule is C/C(=C1\C(=O)C[C@@H]2[C@H]1C2(C)C)N1CCN(c2ccccc2)CC1. The molecule has 2 atom stereocenters. The third-order valence-electron chi connectivity index (χ3n) is 6.33. The fourth-order valence-electron chi connectivity index (χ4n) is 4.72. The van der Waals surface area contributed by atoms with Gasteiger partial charge in [0.05, 0.1) is 0 Å². The van der Waals surface area contributed by atoms with Crippen LogP contribution in [0.2, 0.25) is 0 Å². The molecule has 0 aromatic heterocycles. The zero-order valence-corrected chi connectivity index (χ0v) is 14.4. The third-order valence-corrected chi connectivity index (χ3v) is 6.33. The summed E-state index contributed by atoms with van der Waals surface area (Å²) in [4.78, 5) is 17.3. The molecule has 4 rings (SSSR count). The molecule has 1 aliphatic heterocycles. The number of nitrogens with zero attached hydrogens (tertiary/aromatic N) is 2. The second kappa shape index (κ2) is 5.12. The number of Topliss-reactive ketones (excluding diaryl/α,β-unsaturated/α-hetero) is 1. The van der Waals surface area contributed by atoms with Gasteiger partial charge in [-0.05, 0) is 36.3 Å². The molecule has 3 aliphatic rings. The average Bonchev–Trinajstić information content (AvgIpc) is 2.92. The van der Waals surface area contributed by atoms with Crippen LogP contribution in [0.25, 0.3) is 0 Å². The van der Waals surface area contributed by atoms with Gasteiger partial charge in [0, 0.05) is 49.6 Å². The van der Waals surface area contributed by atoms with Crippen LogP contribution in [0.5, 0.6) is 0 Å². The topological polar surface area (TPSA) is 23.6 Å². The van der Waals surface area contributed by atoms with E-state index in [9.17, 15) is 4.79 Å². The average molecular weight is 310 g/mol. The van der Waals surface area contributed by atoms with E-state index in [0.717, 1.165) is 38.2 Å². The minimum atomic E-state index is 0.344. The van der Waals surface area contributed by atoms with E-state index in [1.807, 2.05) is 0 Å². The molecular formula is C20H26N2O. The highest BCUT2D eigenvalue weighted by atomic mass is 16.1. The second-order valence-electron chi connectivity index (χ2n) is 7.84. The van der Waals surface area contributed by atoms with Crippen molar-refractivity contribution in [2.75, 3.05) is 31.1 Å². The molecule has 0 radical (unpaired) electrons. The van der Waals surface area contributed by atoms with Crippen LogP contribution in [0.15, 0.2) is 41.6 Å². The van der Waals surface area contributed by atoms with Crippen molar-refractivity contribution < 1.29 is 4.79 Å². The lowest BCUT2D eigenvalue weighted by Gasteiger charge is -2.38.